The molecule has 4 fully saturated rings. The molecule has 3 N–H and O–H groups in total. The van der Waals surface area contributed by atoms with Crippen LogP contribution >= 0.6 is 12.2 Å². The van der Waals surface area contributed by atoms with Crippen LogP contribution in [0.25, 0.3) is 0 Å². The van der Waals surface area contributed by atoms with Gasteiger partial charge in [-0.3, -0.25) is 14.7 Å². The predicted molar refractivity (Wildman–Crippen MR) is 108 cm³/mol. The molecule has 4 aliphatic rings. The smallest absolute Gasteiger partial charge is 0.239 e. The van der Waals surface area contributed by atoms with Gasteiger partial charge in [0, 0.05) is 25.9 Å². The quantitative estimate of drug-likeness (QED) is 0.579. The molecule has 4 aliphatic carbocycles. The van der Waals surface area contributed by atoms with Crippen molar-refractivity contribution < 1.29 is 9.59 Å². The maximum Gasteiger partial charge on any atom is 0.239 e. The van der Waals surface area contributed by atoms with Gasteiger partial charge < -0.3 is 15.2 Å². The number of aromatic nitrogens is 3. The summed E-state index contributed by atoms with van der Waals surface area (Å²) in [6.45, 7) is 3.28. The van der Waals surface area contributed by atoms with E-state index in [0.717, 1.165) is 30.1 Å². The molecule has 5 rings (SSSR count). The van der Waals surface area contributed by atoms with Gasteiger partial charge in [-0.1, -0.05) is 0 Å². The monoisotopic (exact) mass is 405 g/mol. The first-order valence-electron chi connectivity index (χ1n) is 10.6. The number of nitrogens with one attached hydrogen (secondary N) is 3. The third-order valence-electron chi connectivity index (χ3n) is 6.97. The minimum absolute atomic E-state index is 0.0315. The molecule has 7 nitrogen and oxygen atoms in total. The van der Waals surface area contributed by atoms with Crippen molar-refractivity contribution in [3.05, 3.63) is 10.6 Å². The van der Waals surface area contributed by atoms with Gasteiger partial charge in [-0.05, 0) is 80.8 Å². The summed E-state index contributed by atoms with van der Waals surface area (Å²) < 4.78 is 2.51. The first-order valence-corrected chi connectivity index (χ1v) is 11.0. The second-order valence-electron chi connectivity index (χ2n) is 9.16. The number of aromatic amines is 1. The Bertz CT molecular complexity index is 763. The molecule has 8 heteroatoms. The van der Waals surface area contributed by atoms with E-state index in [0.29, 0.717) is 24.2 Å². The van der Waals surface area contributed by atoms with Crippen molar-refractivity contribution in [2.24, 2.45) is 23.2 Å². The minimum Gasteiger partial charge on any atom is -0.354 e. The molecule has 0 unspecified atom stereocenters. The van der Waals surface area contributed by atoms with Gasteiger partial charge in [0.15, 0.2) is 4.77 Å². The zero-order valence-corrected chi connectivity index (χ0v) is 17.4. The third-order valence-corrected chi connectivity index (χ3v) is 7.28. The lowest BCUT2D eigenvalue weighted by Gasteiger charge is -2.56. The zero-order valence-electron chi connectivity index (χ0n) is 16.6. The van der Waals surface area contributed by atoms with Crippen molar-refractivity contribution in [3.8, 4) is 0 Å². The predicted octanol–water partition coefficient (Wildman–Crippen LogP) is 2.34. The molecule has 2 amide bonds. The van der Waals surface area contributed by atoms with Gasteiger partial charge in [-0.15, -0.1) is 0 Å². The van der Waals surface area contributed by atoms with E-state index in [9.17, 15) is 9.59 Å². The topological polar surface area (TPSA) is 91.8 Å². The fourth-order valence-corrected chi connectivity index (χ4v) is 6.61. The van der Waals surface area contributed by atoms with Crippen LogP contribution in [0.2, 0.25) is 0 Å². The fourth-order valence-electron chi connectivity index (χ4n) is 6.33. The molecule has 0 radical (unpaired) electrons. The lowest BCUT2D eigenvalue weighted by molar-refractivity contribution is -0.131. The summed E-state index contributed by atoms with van der Waals surface area (Å²) in [6, 6.07) is 0. The highest BCUT2D eigenvalue weighted by Crippen LogP contribution is 2.61. The van der Waals surface area contributed by atoms with Gasteiger partial charge in [0.25, 0.3) is 0 Å². The lowest BCUT2D eigenvalue weighted by atomic mass is 9.49. The first-order chi connectivity index (χ1) is 13.5. The highest BCUT2D eigenvalue weighted by Gasteiger charge is 2.51. The van der Waals surface area contributed by atoms with Crippen LogP contribution in [0.5, 0.6) is 0 Å². The van der Waals surface area contributed by atoms with Crippen LogP contribution in [0.15, 0.2) is 0 Å². The minimum atomic E-state index is -0.156. The molecule has 0 spiro atoms. The van der Waals surface area contributed by atoms with Crippen molar-refractivity contribution in [2.45, 2.75) is 64.8 Å². The zero-order chi connectivity index (χ0) is 19.7. The van der Waals surface area contributed by atoms with Crippen LogP contribution in [0, 0.1) is 27.9 Å². The van der Waals surface area contributed by atoms with Crippen molar-refractivity contribution >= 4 is 24.0 Å². The SMILES string of the molecule is CCn1c(CCNC(=O)CNC(=O)CC23CC4CC(CC(C4)C2)C3)n[nH]c1=S. The normalized spacial score (nSPS) is 30.4. The van der Waals surface area contributed by atoms with Crippen LogP contribution in [-0.2, 0) is 22.6 Å². The Hall–Kier alpha value is -1.70. The maximum absolute atomic E-state index is 12.5. The molecule has 0 atom stereocenters. The number of nitrogens with zero attached hydrogens (tertiary/aromatic N) is 2. The molecule has 4 bridgehead atoms. The van der Waals surface area contributed by atoms with E-state index in [2.05, 4.69) is 20.8 Å². The summed E-state index contributed by atoms with van der Waals surface area (Å²) in [5.74, 6) is 3.22. The van der Waals surface area contributed by atoms with Crippen molar-refractivity contribution in [3.63, 3.8) is 0 Å². The number of hydrogen-bond donors (Lipinski definition) is 3. The maximum atomic E-state index is 12.5. The Morgan fingerprint density at radius 3 is 2.39 bits per heavy atom. The molecule has 1 heterocycles. The standard InChI is InChI=1S/C20H31N5O2S/c1-2-25-16(23-24-19(25)28)3-4-21-18(27)12-22-17(26)11-20-8-13-5-14(9-20)7-15(6-13)10-20/h13-15H,2-12H2,1H3,(H,21,27)(H,22,26)(H,24,28). The molecular weight excluding hydrogens is 374 g/mol. The van der Waals surface area contributed by atoms with Crippen molar-refractivity contribution in [1.82, 2.24) is 25.4 Å². The summed E-state index contributed by atoms with van der Waals surface area (Å²) in [5.41, 5.74) is 0.213. The van der Waals surface area contributed by atoms with Gasteiger partial charge in [0.2, 0.25) is 11.8 Å². The largest absolute Gasteiger partial charge is 0.354 e. The number of amides is 2. The molecule has 1 aromatic rings. The summed E-state index contributed by atoms with van der Waals surface area (Å²) in [6.07, 6.45) is 8.97. The number of rotatable bonds is 8. The summed E-state index contributed by atoms with van der Waals surface area (Å²) in [7, 11) is 0. The van der Waals surface area contributed by atoms with Gasteiger partial charge in [-0.2, -0.15) is 5.10 Å². The van der Waals surface area contributed by atoms with E-state index in [1.165, 1.54) is 38.5 Å². The van der Waals surface area contributed by atoms with Crippen LogP contribution in [0.3, 0.4) is 0 Å². The van der Waals surface area contributed by atoms with E-state index < -0.39 is 0 Å². The van der Waals surface area contributed by atoms with Gasteiger partial charge in [-0.25, -0.2) is 0 Å². The van der Waals surface area contributed by atoms with E-state index in [4.69, 9.17) is 12.2 Å². The molecule has 0 aromatic carbocycles. The average molecular weight is 406 g/mol. The van der Waals surface area contributed by atoms with Crippen LogP contribution in [-0.4, -0.2) is 39.7 Å². The number of hydrogen-bond acceptors (Lipinski definition) is 4. The fraction of sp³-hybridized carbons (Fsp3) is 0.800. The van der Waals surface area contributed by atoms with Crippen molar-refractivity contribution in [2.75, 3.05) is 13.1 Å². The molecule has 0 saturated heterocycles. The van der Waals surface area contributed by atoms with E-state index in [1.54, 1.807) is 0 Å². The molecular formula is C20H31N5O2S. The number of H-pyrrole nitrogens is 1. The Labute approximate surface area is 171 Å². The van der Waals surface area contributed by atoms with Gasteiger partial charge in [0.05, 0.1) is 6.54 Å². The first kappa shape index (κ1) is 19.6. The Balaban J connectivity index is 1.19. The van der Waals surface area contributed by atoms with E-state index in [1.807, 2.05) is 11.5 Å². The Morgan fingerprint density at radius 2 is 1.79 bits per heavy atom. The van der Waals surface area contributed by atoms with Gasteiger partial charge in [0.1, 0.15) is 5.82 Å². The van der Waals surface area contributed by atoms with Crippen LogP contribution in [0.1, 0.15) is 57.7 Å². The Kier molecular flexibility index (Phi) is 5.58. The second kappa shape index (κ2) is 7.97. The molecule has 1 aromatic heterocycles. The highest BCUT2D eigenvalue weighted by atomic mass is 32.1. The number of carbonyl (C=O) groups is 2. The average Bonchev–Trinajstić information content (AvgIpc) is 2.98. The van der Waals surface area contributed by atoms with Gasteiger partial charge >= 0.3 is 0 Å². The summed E-state index contributed by atoms with van der Waals surface area (Å²) in [5, 5.41) is 12.6. The second-order valence-corrected chi connectivity index (χ2v) is 9.55. The molecule has 4 saturated carbocycles. The van der Waals surface area contributed by atoms with Crippen LogP contribution in [0.4, 0.5) is 0 Å². The third kappa shape index (κ3) is 4.16. The van der Waals surface area contributed by atoms with Crippen molar-refractivity contribution in [1.29, 1.82) is 0 Å². The summed E-state index contributed by atoms with van der Waals surface area (Å²) >= 11 is 5.16. The highest BCUT2D eigenvalue weighted by molar-refractivity contribution is 7.71. The molecule has 28 heavy (non-hydrogen) atoms. The molecule has 154 valence electrons. The van der Waals surface area contributed by atoms with E-state index in [-0.39, 0.29) is 23.8 Å². The van der Waals surface area contributed by atoms with Crippen LogP contribution < -0.4 is 10.6 Å². The molecule has 0 aliphatic heterocycles. The lowest BCUT2D eigenvalue weighted by Crippen LogP contribution is -2.48. The number of carbonyl (C=O) groups excluding carboxylic acids is 2. The Morgan fingerprint density at radius 1 is 1.14 bits per heavy atom. The van der Waals surface area contributed by atoms with E-state index >= 15 is 0 Å². The summed E-state index contributed by atoms with van der Waals surface area (Å²) in [4.78, 5) is 24.6.